The van der Waals surface area contributed by atoms with Crippen LogP contribution in [0.25, 0.3) is 5.70 Å². The summed E-state index contributed by atoms with van der Waals surface area (Å²) in [6.45, 7) is 5.95. The molecule has 1 aromatic heterocycles. The Labute approximate surface area is 146 Å². The van der Waals surface area contributed by atoms with Gasteiger partial charge in [0.2, 0.25) is 0 Å². The van der Waals surface area contributed by atoms with Crippen LogP contribution in [-0.2, 0) is 0 Å². The highest BCUT2D eigenvalue weighted by Crippen LogP contribution is 2.32. The third-order valence-corrected chi connectivity index (χ3v) is 5.00. The zero-order chi connectivity index (χ0) is 16.5. The molecule has 0 saturated carbocycles. The Morgan fingerprint density at radius 3 is 2.79 bits per heavy atom. The van der Waals surface area contributed by atoms with Crippen LogP contribution in [0.4, 0.5) is 5.13 Å². The lowest BCUT2D eigenvalue weighted by Crippen LogP contribution is -2.28. The molecule has 0 saturated heterocycles. The van der Waals surface area contributed by atoms with Crippen LogP contribution in [0.1, 0.15) is 18.1 Å². The monoisotopic (exact) mass is 336 g/mol. The first kappa shape index (κ1) is 15.0. The van der Waals surface area contributed by atoms with Gasteiger partial charge in [0.25, 0.3) is 0 Å². The topological polar surface area (TPSA) is 40.2 Å². The van der Waals surface area contributed by atoms with E-state index >= 15 is 0 Å². The van der Waals surface area contributed by atoms with Crippen LogP contribution in [0.2, 0.25) is 0 Å². The third-order valence-electron chi connectivity index (χ3n) is 4.27. The maximum absolute atomic E-state index is 4.33. The number of aryl methyl sites for hydroxylation is 1. The molecule has 0 bridgehead atoms. The fourth-order valence-electron chi connectivity index (χ4n) is 3.00. The summed E-state index contributed by atoms with van der Waals surface area (Å²) in [5.41, 5.74) is 6.28. The third kappa shape index (κ3) is 2.83. The van der Waals surface area contributed by atoms with Gasteiger partial charge in [-0.25, -0.2) is 4.98 Å². The molecule has 0 amide bonds. The predicted molar refractivity (Wildman–Crippen MR) is 100 cm³/mol. The molecular formula is C19H20N4S. The molecule has 4 rings (SSSR count). The van der Waals surface area contributed by atoms with Gasteiger partial charge >= 0.3 is 0 Å². The fraction of sp³-hybridized carbons (Fsp3) is 0.211. The van der Waals surface area contributed by atoms with E-state index in [0.717, 1.165) is 24.0 Å². The number of rotatable bonds is 4. The van der Waals surface area contributed by atoms with Crippen molar-refractivity contribution in [3.05, 3.63) is 76.2 Å². The zero-order valence-electron chi connectivity index (χ0n) is 13.8. The van der Waals surface area contributed by atoms with Crippen molar-refractivity contribution in [1.82, 2.24) is 15.2 Å². The Morgan fingerprint density at radius 2 is 2.04 bits per heavy atom. The Hall–Kier alpha value is -2.53. The lowest BCUT2D eigenvalue weighted by Gasteiger charge is -2.26. The summed E-state index contributed by atoms with van der Waals surface area (Å²) >= 11 is 1.63. The van der Waals surface area contributed by atoms with E-state index in [2.05, 4.69) is 70.8 Å². The van der Waals surface area contributed by atoms with Gasteiger partial charge in [-0.05, 0) is 25.5 Å². The molecule has 2 aromatic rings. The van der Waals surface area contributed by atoms with Crippen molar-refractivity contribution in [1.29, 1.82) is 0 Å². The molecule has 0 aliphatic carbocycles. The predicted octanol–water partition coefficient (Wildman–Crippen LogP) is 3.94. The van der Waals surface area contributed by atoms with E-state index in [1.54, 1.807) is 11.3 Å². The first-order chi connectivity index (χ1) is 11.7. The first-order valence-electron chi connectivity index (χ1n) is 8.06. The van der Waals surface area contributed by atoms with Gasteiger partial charge in [-0.1, -0.05) is 41.5 Å². The van der Waals surface area contributed by atoms with Gasteiger partial charge in [-0.15, -0.1) is 11.3 Å². The molecule has 0 atom stereocenters. The van der Waals surface area contributed by atoms with E-state index in [4.69, 9.17) is 0 Å². The Bertz CT molecular complexity index is 829. The molecule has 1 aromatic carbocycles. The normalized spacial score (nSPS) is 16.5. The van der Waals surface area contributed by atoms with Crippen molar-refractivity contribution in [2.45, 2.75) is 13.8 Å². The number of nitrogens with one attached hydrogen (secondary N) is 2. The van der Waals surface area contributed by atoms with Gasteiger partial charge in [0.1, 0.15) is 5.82 Å². The molecule has 0 spiro atoms. The van der Waals surface area contributed by atoms with Gasteiger partial charge in [0.15, 0.2) is 5.13 Å². The average Bonchev–Trinajstić information content (AvgIpc) is 3.21. The molecule has 5 heteroatoms. The molecule has 4 nitrogen and oxygen atoms in total. The van der Waals surface area contributed by atoms with Crippen LogP contribution in [0.5, 0.6) is 0 Å². The van der Waals surface area contributed by atoms with Gasteiger partial charge in [0.05, 0.1) is 17.9 Å². The lowest BCUT2D eigenvalue weighted by atomic mass is 10.1. The molecule has 24 heavy (non-hydrogen) atoms. The van der Waals surface area contributed by atoms with Crippen molar-refractivity contribution in [2.24, 2.45) is 0 Å². The summed E-state index contributed by atoms with van der Waals surface area (Å²) in [7, 11) is 0. The van der Waals surface area contributed by atoms with Crippen molar-refractivity contribution in [2.75, 3.05) is 18.4 Å². The molecule has 0 unspecified atom stereocenters. The minimum Gasteiger partial charge on any atom is -0.356 e. The highest BCUT2D eigenvalue weighted by Gasteiger charge is 2.28. The van der Waals surface area contributed by atoms with Crippen molar-refractivity contribution < 1.29 is 0 Å². The minimum atomic E-state index is 0.744. The van der Waals surface area contributed by atoms with Crippen LogP contribution in [0, 0.1) is 6.92 Å². The number of hydrogen-bond donors (Lipinski definition) is 2. The molecular weight excluding hydrogens is 316 g/mol. The van der Waals surface area contributed by atoms with E-state index in [1.165, 1.54) is 28.1 Å². The Kier molecular flexibility index (Phi) is 3.86. The van der Waals surface area contributed by atoms with Gasteiger partial charge in [-0.3, -0.25) is 0 Å². The standard InChI is InChI=1S/C19H20N4S/c1-13-3-6-15(7-4-13)18-16(11-21-19-20-9-10-24-19)23-12-14(2)5-8-17(23)22-18/h3-10,22H,11-12H2,1-2H3,(H,20,21). The lowest BCUT2D eigenvalue weighted by molar-refractivity contribution is 0.459. The Morgan fingerprint density at radius 1 is 1.21 bits per heavy atom. The molecule has 2 aliphatic rings. The quantitative estimate of drug-likeness (QED) is 0.887. The second kappa shape index (κ2) is 6.17. The molecule has 2 aliphatic heterocycles. The number of aromatic nitrogens is 1. The SMILES string of the molecule is CC1=CC=C2NC(c3ccc(C)cc3)=C(CNc3nccs3)N2C1. The van der Waals surface area contributed by atoms with Crippen LogP contribution in [0.15, 0.2) is 65.1 Å². The Balaban J connectivity index is 1.68. The number of anilines is 1. The number of thiazole rings is 1. The van der Waals surface area contributed by atoms with E-state index in [-0.39, 0.29) is 0 Å². The first-order valence-corrected chi connectivity index (χ1v) is 8.94. The van der Waals surface area contributed by atoms with Crippen molar-refractivity contribution in [3.8, 4) is 0 Å². The number of allylic oxidation sites excluding steroid dienone is 2. The summed E-state index contributed by atoms with van der Waals surface area (Å²) in [5, 5.41) is 9.98. The molecule has 0 fully saturated rings. The summed E-state index contributed by atoms with van der Waals surface area (Å²) in [6, 6.07) is 8.68. The van der Waals surface area contributed by atoms with E-state index in [9.17, 15) is 0 Å². The maximum atomic E-state index is 4.33. The summed E-state index contributed by atoms with van der Waals surface area (Å²) in [5.74, 6) is 1.15. The number of benzene rings is 1. The van der Waals surface area contributed by atoms with Gasteiger partial charge < -0.3 is 15.5 Å². The van der Waals surface area contributed by atoms with Gasteiger partial charge in [-0.2, -0.15) is 0 Å². The molecule has 2 N–H and O–H groups in total. The van der Waals surface area contributed by atoms with E-state index in [1.807, 2.05) is 11.6 Å². The van der Waals surface area contributed by atoms with Crippen molar-refractivity contribution >= 4 is 22.2 Å². The average molecular weight is 336 g/mol. The second-order valence-corrected chi connectivity index (χ2v) is 7.05. The summed E-state index contributed by atoms with van der Waals surface area (Å²) < 4.78 is 0. The largest absolute Gasteiger partial charge is 0.356 e. The molecule has 122 valence electrons. The van der Waals surface area contributed by atoms with Crippen LogP contribution in [0.3, 0.4) is 0 Å². The maximum Gasteiger partial charge on any atom is 0.182 e. The van der Waals surface area contributed by atoms with Crippen LogP contribution >= 0.6 is 11.3 Å². The van der Waals surface area contributed by atoms with E-state index < -0.39 is 0 Å². The molecule has 0 radical (unpaired) electrons. The fourth-order valence-corrected chi connectivity index (χ4v) is 3.52. The summed E-state index contributed by atoms with van der Waals surface area (Å²) in [6.07, 6.45) is 6.17. The van der Waals surface area contributed by atoms with Crippen molar-refractivity contribution in [3.63, 3.8) is 0 Å². The van der Waals surface area contributed by atoms with Gasteiger partial charge in [0, 0.05) is 18.1 Å². The minimum absolute atomic E-state index is 0.744. The number of fused-ring (bicyclic) bond motifs is 1. The summed E-state index contributed by atoms with van der Waals surface area (Å²) in [4.78, 5) is 6.68. The second-order valence-electron chi connectivity index (χ2n) is 6.15. The van der Waals surface area contributed by atoms with Crippen LogP contribution < -0.4 is 10.6 Å². The smallest absolute Gasteiger partial charge is 0.182 e. The zero-order valence-corrected chi connectivity index (χ0v) is 14.7. The number of nitrogens with zero attached hydrogens (tertiary/aromatic N) is 2. The highest BCUT2D eigenvalue weighted by molar-refractivity contribution is 7.13. The van der Waals surface area contributed by atoms with E-state index in [0.29, 0.717) is 0 Å². The number of hydrogen-bond acceptors (Lipinski definition) is 5. The molecule has 3 heterocycles. The van der Waals surface area contributed by atoms with Crippen LogP contribution in [-0.4, -0.2) is 23.0 Å². The highest BCUT2D eigenvalue weighted by atomic mass is 32.1.